The van der Waals surface area contributed by atoms with Crippen molar-refractivity contribution >= 4 is 22.3 Å². The van der Waals surface area contributed by atoms with Gasteiger partial charge in [-0.2, -0.15) is 31.4 Å². The number of hydrogen-bond donors (Lipinski definition) is 1. The van der Waals surface area contributed by atoms with Gasteiger partial charge in [0.25, 0.3) is 0 Å². The van der Waals surface area contributed by atoms with Gasteiger partial charge in [-0.15, -0.1) is 5.10 Å². The van der Waals surface area contributed by atoms with E-state index in [1.165, 1.54) is 18.3 Å². The third-order valence-corrected chi connectivity index (χ3v) is 4.52. The molecule has 0 aliphatic heterocycles. The van der Waals surface area contributed by atoms with Crippen molar-refractivity contribution in [3.05, 3.63) is 78.1 Å². The van der Waals surface area contributed by atoms with Gasteiger partial charge in [0.15, 0.2) is 5.82 Å². The molecule has 10 heteroatoms. The number of fused-ring (bicyclic) bond motifs is 1. The van der Waals surface area contributed by atoms with Crippen molar-refractivity contribution in [3.63, 3.8) is 0 Å². The van der Waals surface area contributed by atoms with Crippen molar-refractivity contribution in [2.45, 2.75) is 12.4 Å². The molecule has 0 spiro atoms. The predicted octanol–water partition coefficient (Wildman–Crippen LogP) is 6.47. The first-order valence-electron chi connectivity index (χ1n) is 8.84. The first-order valence-corrected chi connectivity index (χ1v) is 8.84. The van der Waals surface area contributed by atoms with Crippen LogP contribution in [0.2, 0.25) is 0 Å². The van der Waals surface area contributed by atoms with Crippen molar-refractivity contribution in [1.29, 1.82) is 0 Å². The Morgan fingerprint density at radius 3 is 2.13 bits per heavy atom. The minimum atomic E-state index is -4.49. The van der Waals surface area contributed by atoms with Crippen molar-refractivity contribution in [1.82, 2.24) is 15.2 Å². The van der Waals surface area contributed by atoms with Crippen LogP contribution in [0, 0.1) is 0 Å². The number of nitrogens with zero attached hydrogens (tertiary/aromatic N) is 3. The summed E-state index contributed by atoms with van der Waals surface area (Å²) < 4.78 is 77.0. The number of rotatable bonds is 3. The second-order valence-electron chi connectivity index (χ2n) is 6.62. The Morgan fingerprint density at radius 1 is 0.742 bits per heavy atom. The molecule has 0 aliphatic carbocycles. The third-order valence-electron chi connectivity index (χ3n) is 4.52. The number of hydrogen-bond acceptors (Lipinski definition) is 4. The van der Waals surface area contributed by atoms with Gasteiger partial charge in [0.1, 0.15) is 0 Å². The molecule has 0 amide bonds. The summed E-state index contributed by atoms with van der Waals surface area (Å²) in [4.78, 5) is 4.00. The average Bonchev–Trinajstić information content (AvgIpc) is 2.73. The molecule has 2 aromatic carbocycles. The smallest absolute Gasteiger partial charge is 0.338 e. The minimum absolute atomic E-state index is 0.144. The van der Waals surface area contributed by atoms with E-state index in [0.717, 1.165) is 30.5 Å². The van der Waals surface area contributed by atoms with Crippen LogP contribution in [0.4, 0.5) is 37.8 Å². The van der Waals surface area contributed by atoms with E-state index >= 15 is 0 Å². The Hall–Kier alpha value is -3.69. The minimum Gasteiger partial charge on any atom is -0.338 e. The highest BCUT2D eigenvalue weighted by Crippen LogP contribution is 2.33. The number of aromatic nitrogens is 3. The summed E-state index contributed by atoms with van der Waals surface area (Å²) in [5.74, 6) is 0.292. The molecular formula is C21H12F6N4. The molecule has 0 saturated heterocycles. The second-order valence-corrected chi connectivity index (χ2v) is 6.62. The number of anilines is 2. The fourth-order valence-corrected chi connectivity index (χ4v) is 2.98. The molecule has 4 aromatic rings. The van der Waals surface area contributed by atoms with Gasteiger partial charge in [-0.25, -0.2) is 0 Å². The van der Waals surface area contributed by atoms with Crippen LogP contribution < -0.4 is 5.32 Å². The fourth-order valence-electron chi connectivity index (χ4n) is 2.98. The molecule has 31 heavy (non-hydrogen) atoms. The molecule has 1 N–H and O–H groups in total. The van der Waals surface area contributed by atoms with Gasteiger partial charge in [-0.1, -0.05) is 6.07 Å². The molecule has 0 aliphatic rings. The lowest BCUT2D eigenvalue weighted by Gasteiger charge is -2.11. The van der Waals surface area contributed by atoms with Crippen LogP contribution in [0.5, 0.6) is 0 Å². The van der Waals surface area contributed by atoms with Gasteiger partial charge >= 0.3 is 12.4 Å². The molecule has 4 nitrogen and oxygen atoms in total. The van der Waals surface area contributed by atoms with Crippen molar-refractivity contribution in [2.24, 2.45) is 0 Å². The van der Waals surface area contributed by atoms with E-state index in [1.807, 2.05) is 0 Å². The van der Waals surface area contributed by atoms with Crippen LogP contribution in [0.3, 0.4) is 0 Å². The lowest BCUT2D eigenvalue weighted by molar-refractivity contribution is -0.138. The third kappa shape index (κ3) is 4.42. The Kier molecular flexibility index (Phi) is 5.00. The summed E-state index contributed by atoms with van der Waals surface area (Å²) in [6, 6.07) is 11.1. The number of pyridine rings is 1. The average molecular weight is 434 g/mol. The normalized spacial score (nSPS) is 12.2. The van der Waals surface area contributed by atoms with E-state index in [4.69, 9.17) is 0 Å². The highest BCUT2D eigenvalue weighted by atomic mass is 19.4. The highest BCUT2D eigenvalue weighted by molar-refractivity contribution is 5.95. The number of halogens is 6. The summed E-state index contributed by atoms with van der Waals surface area (Å²) in [5.41, 5.74) is -0.619. The zero-order chi connectivity index (χ0) is 22.2. The van der Waals surface area contributed by atoms with E-state index in [1.54, 1.807) is 18.2 Å². The molecule has 0 saturated carbocycles. The van der Waals surface area contributed by atoms with Crippen LogP contribution in [-0.2, 0) is 12.4 Å². The van der Waals surface area contributed by atoms with E-state index in [2.05, 4.69) is 20.5 Å². The number of benzene rings is 2. The molecule has 0 unspecified atom stereocenters. The molecular weight excluding hydrogens is 422 g/mol. The summed E-state index contributed by atoms with van der Waals surface area (Å²) in [7, 11) is 0. The van der Waals surface area contributed by atoms with Gasteiger partial charge in [-0.3, -0.25) is 4.98 Å². The van der Waals surface area contributed by atoms with Gasteiger partial charge in [0.05, 0.1) is 23.0 Å². The van der Waals surface area contributed by atoms with E-state index in [9.17, 15) is 26.3 Å². The van der Waals surface area contributed by atoms with Crippen molar-refractivity contribution in [3.8, 4) is 11.3 Å². The molecule has 2 aromatic heterocycles. The standard InChI is InChI=1S/C21H12F6N4/c22-20(23,24)14-2-4-16(5-3-14)30-19-17-6-1-12(9-13(17)11-29-31-19)18-10-15(7-8-28-18)21(25,26)27/h1-11H,(H,30,31). The maximum Gasteiger partial charge on any atom is 0.416 e. The summed E-state index contributed by atoms with van der Waals surface area (Å²) in [5, 5.41) is 11.9. The molecule has 4 rings (SSSR count). The Labute approximate surface area is 171 Å². The predicted molar refractivity (Wildman–Crippen MR) is 102 cm³/mol. The summed E-state index contributed by atoms with van der Waals surface area (Å²) in [6.07, 6.45) is -6.40. The topological polar surface area (TPSA) is 50.7 Å². The lowest BCUT2D eigenvalue weighted by atomic mass is 10.0. The van der Waals surface area contributed by atoms with Crippen LogP contribution >= 0.6 is 0 Å². The van der Waals surface area contributed by atoms with Crippen LogP contribution in [0.15, 0.2) is 67.0 Å². The number of alkyl halides is 6. The molecule has 0 fully saturated rings. The highest BCUT2D eigenvalue weighted by Gasteiger charge is 2.31. The Bertz CT molecular complexity index is 1230. The molecule has 0 bridgehead atoms. The zero-order valence-electron chi connectivity index (χ0n) is 15.5. The molecule has 0 atom stereocenters. The molecule has 2 heterocycles. The first kappa shape index (κ1) is 20.6. The number of nitrogens with one attached hydrogen (secondary N) is 1. The maximum absolute atomic E-state index is 13.0. The van der Waals surface area contributed by atoms with Crippen LogP contribution in [0.25, 0.3) is 22.0 Å². The second kappa shape index (κ2) is 7.53. The van der Waals surface area contributed by atoms with Crippen LogP contribution in [-0.4, -0.2) is 15.2 Å². The van der Waals surface area contributed by atoms with Gasteiger partial charge < -0.3 is 5.32 Å². The van der Waals surface area contributed by atoms with Crippen LogP contribution in [0.1, 0.15) is 11.1 Å². The summed E-state index contributed by atoms with van der Waals surface area (Å²) in [6.45, 7) is 0. The quantitative estimate of drug-likeness (QED) is 0.376. The lowest BCUT2D eigenvalue weighted by Crippen LogP contribution is -2.05. The van der Waals surface area contributed by atoms with E-state index < -0.39 is 23.5 Å². The fraction of sp³-hybridized carbons (Fsp3) is 0.0952. The van der Waals surface area contributed by atoms with E-state index in [-0.39, 0.29) is 5.69 Å². The zero-order valence-corrected chi connectivity index (χ0v) is 15.5. The largest absolute Gasteiger partial charge is 0.416 e. The molecule has 0 radical (unpaired) electrons. The monoisotopic (exact) mass is 434 g/mol. The van der Waals surface area contributed by atoms with Crippen molar-refractivity contribution in [2.75, 3.05) is 5.32 Å². The van der Waals surface area contributed by atoms with Crippen molar-refractivity contribution < 1.29 is 26.3 Å². The summed E-state index contributed by atoms with van der Waals surface area (Å²) >= 11 is 0. The van der Waals surface area contributed by atoms with E-state index in [0.29, 0.717) is 27.8 Å². The molecule has 158 valence electrons. The maximum atomic E-state index is 13.0. The first-order chi connectivity index (χ1) is 14.6. The Morgan fingerprint density at radius 2 is 1.45 bits per heavy atom. The van der Waals surface area contributed by atoms with Gasteiger partial charge in [0, 0.05) is 28.2 Å². The van der Waals surface area contributed by atoms with Gasteiger partial charge in [0.2, 0.25) is 0 Å². The Balaban J connectivity index is 1.66. The SMILES string of the molecule is FC(F)(F)c1ccc(Nc2nncc3cc(-c4cc(C(F)(F)F)ccn4)ccc23)cc1. The van der Waals surface area contributed by atoms with Gasteiger partial charge in [-0.05, 0) is 48.5 Å².